The molecule has 4 rings (SSSR count). The molecule has 0 aromatic heterocycles. The van der Waals surface area contributed by atoms with Crippen molar-refractivity contribution in [2.75, 3.05) is 13.2 Å². The molecule has 1 heterocycles. The number of nitrogens with one attached hydrogen (secondary N) is 2. The fourth-order valence-electron chi connectivity index (χ4n) is 3.25. The van der Waals surface area contributed by atoms with Crippen LogP contribution in [0.2, 0.25) is 0 Å². The zero-order valence-electron chi connectivity index (χ0n) is 13.0. The third-order valence-corrected chi connectivity index (χ3v) is 4.64. The van der Waals surface area contributed by atoms with Gasteiger partial charge in [-0.3, -0.25) is 10.2 Å². The van der Waals surface area contributed by atoms with Gasteiger partial charge in [0.05, 0.1) is 6.10 Å². The molecule has 1 fully saturated rings. The predicted octanol–water partition coefficient (Wildman–Crippen LogP) is 2.38. The van der Waals surface area contributed by atoms with Gasteiger partial charge in [-0.15, -0.1) is 0 Å². The molecule has 0 saturated carbocycles. The lowest BCUT2D eigenvalue weighted by Crippen LogP contribution is -2.37. The molecule has 0 spiro atoms. The van der Waals surface area contributed by atoms with E-state index in [1.54, 1.807) is 0 Å². The van der Waals surface area contributed by atoms with E-state index in [2.05, 4.69) is 15.8 Å². The number of carbonyl (C=O) groups excluding carboxylic acids is 1. The Morgan fingerprint density at radius 3 is 2.79 bits per heavy atom. The minimum atomic E-state index is -0.0729. The molecule has 122 valence electrons. The minimum absolute atomic E-state index is 0.0729. The number of ether oxygens (including phenoxy) is 1. The highest BCUT2D eigenvalue weighted by Gasteiger charge is 2.28. The number of hydrogen-bond donors (Lipinski definition) is 2. The van der Waals surface area contributed by atoms with Crippen LogP contribution in [0.15, 0.2) is 41.5 Å². The summed E-state index contributed by atoms with van der Waals surface area (Å²) in [5.41, 5.74) is 4.74. The lowest BCUT2D eigenvalue weighted by atomic mass is 10.1. The average Bonchev–Trinajstić information content (AvgIpc) is 3.21. The van der Waals surface area contributed by atoms with Crippen molar-refractivity contribution in [1.82, 2.24) is 10.7 Å². The second-order valence-corrected chi connectivity index (χ2v) is 6.36. The molecular weight excluding hydrogens is 322 g/mol. The maximum atomic E-state index is 12.6. The molecule has 24 heavy (non-hydrogen) atoms. The van der Waals surface area contributed by atoms with Gasteiger partial charge in [0.1, 0.15) is 5.71 Å². The lowest BCUT2D eigenvalue weighted by Gasteiger charge is -2.12. The van der Waals surface area contributed by atoms with Crippen LogP contribution in [-0.2, 0) is 4.74 Å². The Bertz CT molecular complexity index is 851. The van der Waals surface area contributed by atoms with Crippen LogP contribution in [0.3, 0.4) is 0 Å². The number of ketones is 1. The van der Waals surface area contributed by atoms with Crippen LogP contribution in [0.4, 0.5) is 0 Å². The zero-order valence-corrected chi connectivity index (χ0v) is 13.9. The van der Waals surface area contributed by atoms with Crippen molar-refractivity contribution in [2.45, 2.75) is 18.9 Å². The van der Waals surface area contributed by atoms with Crippen LogP contribution in [0.5, 0.6) is 0 Å². The SMILES string of the molecule is O=C1/C(=N\NC(=S)NC[C@H]2CCCO2)c2cccc3cccc1c23. The van der Waals surface area contributed by atoms with Gasteiger partial charge in [0.2, 0.25) is 5.78 Å². The molecule has 0 bridgehead atoms. The molecule has 2 N–H and O–H groups in total. The zero-order chi connectivity index (χ0) is 16.5. The number of nitrogens with zero attached hydrogens (tertiary/aromatic N) is 1. The highest BCUT2D eigenvalue weighted by molar-refractivity contribution is 7.80. The van der Waals surface area contributed by atoms with Gasteiger partial charge < -0.3 is 10.1 Å². The van der Waals surface area contributed by atoms with Gasteiger partial charge >= 0.3 is 0 Å². The van der Waals surface area contributed by atoms with Gasteiger partial charge in [-0.2, -0.15) is 5.10 Å². The van der Waals surface area contributed by atoms with E-state index in [-0.39, 0.29) is 11.9 Å². The van der Waals surface area contributed by atoms with Crippen LogP contribution >= 0.6 is 12.2 Å². The molecule has 0 amide bonds. The van der Waals surface area contributed by atoms with Crippen molar-refractivity contribution in [1.29, 1.82) is 0 Å². The van der Waals surface area contributed by atoms with Crippen molar-refractivity contribution in [2.24, 2.45) is 5.10 Å². The molecule has 1 saturated heterocycles. The standard InChI is InChI=1S/C18H17N3O2S/c22-17-14-8-2-5-11-4-1-7-13(15(11)14)16(17)20-21-18(24)19-10-12-6-3-9-23-12/h1-2,4-5,7-8,12H,3,6,9-10H2,(H2,19,21,24)/b20-16-/t12-/m1/s1. The van der Waals surface area contributed by atoms with Crippen LogP contribution in [-0.4, -0.2) is 35.9 Å². The first-order valence-electron chi connectivity index (χ1n) is 8.04. The van der Waals surface area contributed by atoms with E-state index in [1.165, 1.54) is 0 Å². The number of rotatable bonds is 3. The Balaban J connectivity index is 1.50. The van der Waals surface area contributed by atoms with Crippen LogP contribution < -0.4 is 10.7 Å². The van der Waals surface area contributed by atoms with Crippen LogP contribution in [0, 0.1) is 0 Å². The number of Topliss-reactive ketones (excluding diaryl/α,β-unsaturated/α-hetero) is 1. The molecule has 5 nitrogen and oxygen atoms in total. The lowest BCUT2D eigenvalue weighted by molar-refractivity contribution is 0.106. The molecule has 6 heteroatoms. The fourth-order valence-corrected chi connectivity index (χ4v) is 3.38. The summed E-state index contributed by atoms with van der Waals surface area (Å²) < 4.78 is 5.54. The van der Waals surface area contributed by atoms with Crippen molar-refractivity contribution in [3.05, 3.63) is 47.5 Å². The number of carbonyl (C=O) groups is 1. The van der Waals surface area contributed by atoms with Crippen LogP contribution in [0.25, 0.3) is 10.8 Å². The maximum Gasteiger partial charge on any atom is 0.214 e. The van der Waals surface area contributed by atoms with Gasteiger partial charge in [0.15, 0.2) is 5.11 Å². The third kappa shape index (κ3) is 2.68. The van der Waals surface area contributed by atoms with Crippen LogP contribution in [0.1, 0.15) is 28.8 Å². The smallest absolute Gasteiger partial charge is 0.214 e. The molecule has 0 radical (unpaired) electrons. The van der Waals surface area contributed by atoms with E-state index in [1.807, 2.05) is 36.4 Å². The van der Waals surface area contributed by atoms with Gasteiger partial charge in [-0.1, -0.05) is 36.4 Å². The molecule has 1 atom stereocenters. The van der Waals surface area contributed by atoms with Gasteiger partial charge in [-0.05, 0) is 30.4 Å². The molecule has 1 aliphatic carbocycles. The molecule has 1 aliphatic heterocycles. The Labute approximate surface area is 145 Å². The Morgan fingerprint density at radius 2 is 2.04 bits per heavy atom. The molecule has 0 unspecified atom stereocenters. The summed E-state index contributed by atoms with van der Waals surface area (Å²) >= 11 is 5.23. The topological polar surface area (TPSA) is 62.7 Å². The summed E-state index contributed by atoms with van der Waals surface area (Å²) in [5.74, 6) is -0.0729. The van der Waals surface area contributed by atoms with Gasteiger partial charge in [0, 0.05) is 29.7 Å². The fraction of sp³-hybridized carbons (Fsp3) is 0.278. The highest BCUT2D eigenvalue weighted by atomic mass is 32.1. The van der Waals surface area contributed by atoms with Crippen molar-refractivity contribution < 1.29 is 9.53 Å². The summed E-state index contributed by atoms with van der Waals surface area (Å²) in [4.78, 5) is 12.6. The molecule has 2 aromatic rings. The summed E-state index contributed by atoms with van der Waals surface area (Å²) in [5, 5.41) is 9.75. The maximum absolute atomic E-state index is 12.6. The quantitative estimate of drug-likeness (QED) is 0.664. The second-order valence-electron chi connectivity index (χ2n) is 5.96. The van der Waals surface area contributed by atoms with E-state index in [4.69, 9.17) is 17.0 Å². The van der Waals surface area contributed by atoms with Crippen molar-refractivity contribution in [3.8, 4) is 0 Å². The molecular formula is C18H17N3O2S. The first-order chi connectivity index (χ1) is 11.7. The van der Waals surface area contributed by atoms with E-state index >= 15 is 0 Å². The predicted molar refractivity (Wildman–Crippen MR) is 97.5 cm³/mol. The first-order valence-corrected chi connectivity index (χ1v) is 8.45. The monoisotopic (exact) mass is 339 g/mol. The highest BCUT2D eigenvalue weighted by Crippen LogP contribution is 2.30. The van der Waals surface area contributed by atoms with Crippen molar-refractivity contribution >= 4 is 39.6 Å². The summed E-state index contributed by atoms with van der Waals surface area (Å²) in [6.45, 7) is 1.46. The van der Waals surface area contributed by atoms with E-state index in [9.17, 15) is 4.79 Å². The Morgan fingerprint density at radius 1 is 1.25 bits per heavy atom. The second kappa shape index (κ2) is 6.30. The van der Waals surface area contributed by atoms with Crippen molar-refractivity contribution in [3.63, 3.8) is 0 Å². The van der Waals surface area contributed by atoms with E-state index < -0.39 is 0 Å². The summed E-state index contributed by atoms with van der Waals surface area (Å²) in [7, 11) is 0. The number of thiocarbonyl (C=S) groups is 1. The molecule has 2 aromatic carbocycles. The van der Waals surface area contributed by atoms with Gasteiger partial charge in [0.25, 0.3) is 0 Å². The van der Waals surface area contributed by atoms with E-state index in [0.717, 1.165) is 35.8 Å². The Hall–Kier alpha value is -2.31. The van der Waals surface area contributed by atoms with Gasteiger partial charge in [-0.25, -0.2) is 0 Å². The Kier molecular flexibility index (Phi) is 4.00. The largest absolute Gasteiger partial charge is 0.376 e. The number of hydrazone groups is 1. The third-order valence-electron chi connectivity index (χ3n) is 4.40. The minimum Gasteiger partial charge on any atom is -0.376 e. The normalized spacial score (nSPS) is 20.8. The number of hydrogen-bond acceptors (Lipinski definition) is 4. The summed E-state index contributed by atoms with van der Waals surface area (Å²) in [6, 6.07) is 11.6. The average molecular weight is 339 g/mol. The summed E-state index contributed by atoms with van der Waals surface area (Å²) in [6.07, 6.45) is 2.33. The molecule has 2 aliphatic rings. The number of benzene rings is 2. The van der Waals surface area contributed by atoms with E-state index in [0.29, 0.717) is 22.9 Å². The first kappa shape index (κ1) is 15.2.